The fraction of sp³-hybridized carbons (Fsp3) is 0.600. The first-order chi connectivity index (χ1) is 9.73. The monoisotopic (exact) mass is 276 g/mol. The van der Waals surface area contributed by atoms with Crippen LogP contribution in [0.3, 0.4) is 0 Å². The molecule has 0 aromatic carbocycles. The molecule has 0 spiro atoms. The summed E-state index contributed by atoms with van der Waals surface area (Å²) in [6.45, 7) is 1.68. The lowest BCUT2D eigenvalue weighted by Gasteiger charge is -2.54. The number of Topliss-reactive ketones (excluding diaryl/α,β-unsaturated/α-hetero) is 1. The highest BCUT2D eigenvalue weighted by molar-refractivity contribution is 5.93. The number of methoxy groups -OCH3 is 1. The van der Waals surface area contributed by atoms with Crippen LogP contribution >= 0.6 is 0 Å². The molecular formula is C15H20N2O3. The third kappa shape index (κ3) is 1.89. The average molecular weight is 276 g/mol. The summed E-state index contributed by atoms with van der Waals surface area (Å²) in [5.41, 5.74) is 0.127. The van der Waals surface area contributed by atoms with Crippen molar-refractivity contribution in [1.29, 1.82) is 0 Å². The largest absolute Gasteiger partial charge is 0.394 e. The standard InChI is InChI=1S/C15H20N2O3/c1-20-10-15(9-18)14(19)11-5-7-17(15)8-12(11)13-4-2-3-6-16-13/h2-4,6,11-12,18H,5,7-10H2,1H3. The average Bonchev–Trinajstić information content (AvgIpc) is 2.52. The number of carbonyl (C=O) groups is 1. The number of aliphatic hydroxyl groups excluding tert-OH is 1. The SMILES string of the molecule is COCC1(CO)C(=O)C2CCN1CC2c1ccccn1. The lowest BCUT2D eigenvalue weighted by atomic mass is 9.67. The highest BCUT2D eigenvalue weighted by Crippen LogP contribution is 2.43. The molecule has 108 valence electrons. The Morgan fingerprint density at radius 3 is 2.95 bits per heavy atom. The van der Waals surface area contributed by atoms with Crippen LogP contribution in [0.15, 0.2) is 24.4 Å². The van der Waals surface area contributed by atoms with Crippen molar-refractivity contribution in [2.75, 3.05) is 33.4 Å². The lowest BCUT2D eigenvalue weighted by molar-refractivity contribution is -0.160. The number of fused-ring (bicyclic) bond motifs is 3. The lowest BCUT2D eigenvalue weighted by Crippen LogP contribution is -2.70. The first kappa shape index (κ1) is 13.7. The highest BCUT2D eigenvalue weighted by atomic mass is 16.5. The normalized spacial score (nSPS) is 36.3. The molecule has 0 amide bonds. The van der Waals surface area contributed by atoms with Gasteiger partial charge in [-0.2, -0.15) is 0 Å². The number of carbonyl (C=O) groups excluding carboxylic acids is 1. The van der Waals surface area contributed by atoms with E-state index in [1.807, 2.05) is 18.2 Å². The van der Waals surface area contributed by atoms with Crippen LogP contribution in [0.1, 0.15) is 18.0 Å². The number of rotatable bonds is 4. The number of ketones is 1. The maximum absolute atomic E-state index is 12.8. The summed E-state index contributed by atoms with van der Waals surface area (Å²) in [6.07, 6.45) is 2.61. The maximum atomic E-state index is 12.8. The van der Waals surface area contributed by atoms with Gasteiger partial charge < -0.3 is 9.84 Å². The van der Waals surface area contributed by atoms with Crippen molar-refractivity contribution < 1.29 is 14.6 Å². The van der Waals surface area contributed by atoms with Gasteiger partial charge >= 0.3 is 0 Å². The van der Waals surface area contributed by atoms with Crippen LogP contribution in [0.25, 0.3) is 0 Å². The van der Waals surface area contributed by atoms with Crippen molar-refractivity contribution in [2.45, 2.75) is 17.9 Å². The van der Waals surface area contributed by atoms with Gasteiger partial charge in [0.05, 0.1) is 13.2 Å². The molecular weight excluding hydrogens is 256 g/mol. The van der Waals surface area contributed by atoms with E-state index in [9.17, 15) is 9.90 Å². The van der Waals surface area contributed by atoms with Gasteiger partial charge in [-0.25, -0.2) is 0 Å². The minimum Gasteiger partial charge on any atom is -0.394 e. The van der Waals surface area contributed by atoms with Gasteiger partial charge in [0.2, 0.25) is 0 Å². The second kappa shape index (κ2) is 5.24. The zero-order valence-corrected chi connectivity index (χ0v) is 11.7. The molecule has 1 N–H and O–H groups in total. The van der Waals surface area contributed by atoms with Crippen molar-refractivity contribution in [3.63, 3.8) is 0 Å². The van der Waals surface area contributed by atoms with Crippen molar-refractivity contribution in [2.24, 2.45) is 5.92 Å². The van der Waals surface area contributed by atoms with Crippen molar-refractivity contribution in [3.05, 3.63) is 30.1 Å². The Balaban J connectivity index is 1.92. The first-order valence-corrected chi connectivity index (χ1v) is 7.03. The van der Waals surface area contributed by atoms with Crippen LogP contribution in [0, 0.1) is 5.92 Å². The quantitative estimate of drug-likeness (QED) is 0.865. The Hall–Kier alpha value is -1.30. The molecule has 3 aliphatic heterocycles. The summed E-state index contributed by atoms with van der Waals surface area (Å²) in [5, 5.41) is 9.76. The van der Waals surface area contributed by atoms with Crippen molar-refractivity contribution in [3.8, 4) is 0 Å². The summed E-state index contributed by atoms with van der Waals surface area (Å²) in [7, 11) is 1.57. The molecule has 5 nitrogen and oxygen atoms in total. The van der Waals surface area contributed by atoms with E-state index in [0.717, 1.165) is 25.2 Å². The van der Waals surface area contributed by atoms with Crippen LogP contribution in [0.2, 0.25) is 0 Å². The van der Waals surface area contributed by atoms with Crippen LogP contribution in [-0.4, -0.2) is 59.7 Å². The zero-order valence-electron chi connectivity index (χ0n) is 11.7. The van der Waals surface area contributed by atoms with E-state index < -0.39 is 5.54 Å². The molecule has 3 fully saturated rings. The van der Waals surface area contributed by atoms with E-state index in [1.54, 1.807) is 13.3 Å². The van der Waals surface area contributed by atoms with Crippen LogP contribution in [-0.2, 0) is 9.53 Å². The molecule has 4 unspecified atom stereocenters. The molecule has 20 heavy (non-hydrogen) atoms. The van der Waals surface area contributed by atoms with E-state index >= 15 is 0 Å². The second-order valence-corrected chi connectivity index (χ2v) is 5.69. The van der Waals surface area contributed by atoms with Crippen molar-refractivity contribution in [1.82, 2.24) is 9.88 Å². The number of hydrogen-bond donors (Lipinski definition) is 1. The number of aromatic nitrogens is 1. The smallest absolute Gasteiger partial charge is 0.161 e. The summed E-state index contributed by atoms with van der Waals surface area (Å²) in [5.74, 6) is 0.182. The van der Waals surface area contributed by atoms with Crippen LogP contribution < -0.4 is 0 Å². The predicted molar refractivity (Wildman–Crippen MR) is 73.4 cm³/mol. The molecule has 2 bridgehead atoms. The number of aliphatic hydroxyl groups is 1. The second-order valence-electron chi connectivity index (χ2n) is 5.69. The number of pyridine rings is 1. The Bertz CT molecular complexity index is 493. The number of ether oxygens (including phenoxy) is 1. The minimum absolute atomic E-state index is 0.0581. The minimum atomic E-state index is -0.844. The zero-order chi connectivity index (χ0) is 14.2. The van der Waals surface area contributed by atoms with Gasteiger partial charge in [0.1, 0.15) is 5.54 Å². The van der Waals surface area contributed by atoms with Gasteiger partial charge in [-0.3, -0.25) is 14.7 Å². The Morgan fingerprint density at radius 2 is 2.35 bits per heavy atom. The molecule has 4 atom stereocenters. The fourth-order valence-corrected chi connectivity index (χ4v) is 3.68. The number of piperidine rings is 3. The fourth-order valence-electron chi connectivity index (χ4n) is 3.68. The van der Waals surface area contributed by atoms with Gasteiger partial charge in [0.25, 0.3) is 0 Å². The molecule has 0 aliphatic carbocycles. The van der Waals surface area contributed by atoms with Gasteiger partial charge in [-0.05, 0) is 18.6 Å². The Morgan fingerprint density at radius 1 is 1.50 bits per heavy atom. The van der Waals surface area contributed by atoms with Gasteiger partial charge in [-0.15, -0.1) is 0 Å². The summed E-state index contributed by atoms with van der Waals surface area (Å²) >= 11 is 0. The van der Waals surface area contributed by atoms with E-state index in [1.165, 1.54) is 0 Å². The third-order valence-electron chi connectivity index (χ3n) is 4.73. The van der Waals surface area contributed by atoms with E-state index in [4.69, 9.17) is 4.74 Å². The van der Waals surface area contributed by atoms with E-state index in [0.29, 0.717) is 0 Å². The molecule has 3 aliphatic rings. The van der Waals surface area contributed by atoms with Gasteiger partial charge in [0, 0.05) is 43.9 Å². The predicted octanol–water partition coefficient (Wildman–Crippen LogP) is 0.447. The Kier molecular flexibility index (Phi) is 3.58. The van der Waals surface area contributed by atoms with E-state index in [2.05, 4.69) is 9.88 Å². The van der Waals surface area contributed by atoms with Gasteiger partial charge in [0.15, 0.2) is 5.78 Å². The molecule has 0 saturated carbocycles. The maximum Gasteiger partial charge on any atom is 0.161 e. The highest BCUT2D eigenvalue weighted by Gasteiger charge is 2.56. The molecule has 4 heterocycles. The number of hydrogen-bond acceptors (Lipinski definition) is 5. The molecule has 3 saturated heterocycles. The molecule has 1 aromatic rings. The van der Waals surface area contributed by atoms with Crippen LogP contribution in [0.5, 0.6) is 0 Å². The molecule has 4 rings (SSSR count). The topological polar surface area (TPSA) is 62.7 Å². The van der Waals surface area contributed by atoms with Crippen LogP contribution in [0.4, 0.5) is 0 Å². The van der Waals surface area contributed by atoms with Crippen molar-refractivity contribution >= 4 is 5.78 Å². The Labute approximate surface area is 118 Å². The molecule has 5 heteroatoms. The summed E-state index contributed by atoms with van der Waals surface area (Å²) in [4.78, 5) is 19.3. The van der Waals surface area contributed by atoms with Gasteiger partial charge in [-0.1, -0.05) is 6.07 Å². The molecule has 1 aromatic heterocycles. The van der Waals surface area contributed by atoms with E-state index in [-0.39, 0.29) is 30.8 Å². The summed E-state index contributed by atoms with van der Waals surface area (Å²) in [6, 6.07) is 5.82. The first-order valence-electron chi connectivity index (χ1n) is 7.03. The number of nitrogens with zero attached hydrogens (tertiary/aromatic N) is 2. The molecule has 0 radical (unpaired) electrons. The third-order valence-corrected chi connectivity index (χ3v) is 4.73. The summed E-state index contributed by atoms with van der Waals surface area (Å²) < 4.78 is 5.20.